The molecule has 2 saturated heterocycles. The van der Waals surface area contributed by atoms with Crippen LogP contribution in [0.4, 0.5) is 0 Å². The van der Waals surface area contributed by atoms with E-state index in [0.29, 0.717) is 18.1 Å². The molecule has 1 aromatic rings. The number of halogens is 2. The van der Waals surface area contributed by atoms with Gasteiger partial charge in [0.25, 0.3) is 5.91 Å². The minimum Gasteiger partial charge on any atom is -0.349 e. The molecule has 2 aliphatic heterocycles. The highest BCUT2D eigenvalue weighted by Gasteiger charge is 2.36. The van der Waals surface area contributed by atoms with Crippen molar-refractivity contribution in [3.8, 4) is 0 Å². The van der Waals surface area contributed by atoms with Gasteiger partial charge in [-0.2, -0.15) is 0 Å². The zero-order valence-electron chi connectivity index (χ0n) is 11.4. The van der Waals surface area contributed by atoms with Crippen molar-refractivity contribution in [3.63, 3.8) is 0 Å². The Morgan fingerprint density at radius 2 is 2.00 bits per heavy atom. The maximum Gasteiger partial charge on any atom is 0.253 e. The van der Waals surface area contributed by atoms with Gasteiger partial charge in [-0.1, -0.05) is 6.42 Å². The average Bonchev–Trinajstić information content (AvgIpc) is 2.70. The molecule has 1 amide bonds. The molecule has 3 rings (SSSR count). The third-order valence-electron chi connectivity index (χ3n) is 4.58. The molecule has 0 radical (unpaired) electrons. The molecule has 2 bridgehead atoms. The van der Waals surface area contributed by atoms with Gasteiger partial charge in [0.1, 0.15) is 0 Å². The highest BCUT2D eigenvalue weighted by Crippen LogP contribution is 2.34. The minimum atomic E-state index is 0.0476. The molecule has 2 atom stereocenters. The van der Waals surface area contributed by atoms with E-state index in [-0.39, 0.29) is 5.91 Å². The SMILES string of the molecule is CN1C2CCCC1CC(NC(=O)c1cc(Br)sc1Br)C2. The van der Waals surface area contributed by atoms with Gasteiger partial charge in [-0.05, 0) is 70.7 Å². The number of carbonyl (C=O) groups excluding carboxylic acids is 1. The molecule has 20 heavy (non-hydrogen) atoms. The van der Waals surface area contributed by atoms with Gasteiger partial charge in [0.05, 0.1) is 13.1 Å². The molecule has 3 heterocycles. The van der Waals surface area contributed by atoms with Crippen molar-refractivity contribution in [3.05, 3.63) is 19.2 Å². The molecule has 1 aromatic heterocycles. The molecule has 0 saturated carbocycles. The number of thiophene rings is 1. The molecule has 3 nitrogen and oxygen atoms in total. The van der Waals surface area contributed by atoms with Crippen LogP contribution in [0.5, 0.6) is 0 Å². The molecule has 6 heteroatoms. The van der Waals surface area contributed by atoms with E-state index >= 15 is 0 Å². The van der Waals surface area contributed by atoms with Gasteiger partial charge in [0, 0.05) is 18.1 Å². The number of amides is 1. The molecule has 1 N–H and O–H groups in total. The van der Waals surface area contributed by atoms with Crippen LogP contribution < -0.4 is 5.32 Å². The summed E-state index contributed by atoms with van der Waals surface area (Å²) in [5.74, 6) is 0.0476. The lowest BCUT2D eigenvalue weighted by molar-refractivity contribution is 0.0463. The van der Waals surface area contributed by atoms with E-state index in [4.69, 9.17) is 0 Å². The van der Waals surface area contributed by atoms with Crippen molar-refractivity contribution < 1.29 is 4.79 Å². The summed E-state index contributed by atoms with van der Waals surface area (Å²) in [7, 11) is 2.24. The second kappa shape index (κ2) is 6.07. The Balaban J connectivity index is 1.66. The Bertz CT molecular complexity index is 505. The first-order valence-electron chi connectivity index (χ1n) is 7.02. The Labute approximate surface area is 140 Å². The first-order valence-corrected chi connectivity index (χ1v) is 9.42. The quantitative estimate of drug-likeness (QED) is 0.781. The van der Waals surface area contributed by atoms with Crippen LogP contribution in [0.3, 0.4) is 0 Å². The van der Waals surface area contributed by atoms with E-state index in [1.165, 1.54) is 19.3 Å². The number of rotatable bonds is 2. The lowest BCUT2D eigenvalue weighted by atomic mass is 9.82. The maximum atomic E-state index is 12.4. The number of nitrogens with one attached hydrogen (secondary N) is 1. The van der Waals surface area contributed by atoms with Gasteiger partial charge in [0.15, 0.2) is 0 Å². The first-order chi connectivity index (χ1) is 9.54. The van der Waals surface area contributed by atoms with E-state index < -0.39 is 0 Å². The van der Waals surface area contributed by atoms with E-state index in [1.807, 2.05) is 6.07 Å². The summed E-state index contributed by atoms with van der Waals surface area (Å²) in [6.07, 6.45) is 6.05. The number of hydrogen-bond acceptors (Lipinski definition) is 3. The number of carbonyl (C=O) groups is 1. The van der Waals surface area contributed by atoms with Crippen LogP contribution in [0.25, 0.3) is 0 Å². The van der Waals surface area contributed by atoms with Crippen molar-refractivity contribution >= 4 is 49.1 Å². The zero-order chi connectivity index (χ0) is 14.3. The molecule has 0 aliphatic carbocycles. The smallest absolute Gasteiger partial charge is 0.253 e. The van der Waals surface area contributed by atoms with Crippen LogP contribution in [-0.4, -0.2) is 36.0 Å². The summed E-state index contributed by atoms with van der Waals surface area (Å²) in [4.78, 5) is 14.9. The number of fused-ring (bicyclic) bond motifs is 2. The van der Waals surface area contributed by atoms with Crippen molar-refractivity contribution in [2.24, 2.45) is 0 Å². The molecule has 110 valence electrons. The molecule has 0 aromatic carbocycles. The molecular weight excluding hydrogens is 404 g/mol. The molecule has 0 spiro atoms. The molecule has 2 unspecified atom stereocenters. The highest BCUT2D eigenvalue weighted by molar-refractivity contribution is 9.12. The van der Waals surface area contributed by atoms with E-state index in [9.17, 15) is 4.79 Å². The van der Waals surface area contributed by atoms with Crippen LogP contribution >= 0.6 is 43.2 Å². The van der Waals surface area contributed by atoms with Gasteiger partial charge < -0.3 is 10.2 Å². The monoisotopic (exact) mass is 420 g/mol. The highest BCUT2D eigenvalue weighted by atomic mass is 79.9. The van der Waals surface area contributed by atoms with Crippen LogP contribution in [0.2, 0.25) is 0 Å². The predicted octanol–water partition coefficient (Wildman–Crippen LogP) is 4.02. The van der Waals surface area contributed by atoms with Crippen LogP contribution in [-0.2, 0) is 0 Å². The second-order valence-corrected chi connectivity index (χ2v) is 9.53. The third-order valence-corrected chi connectivity index (χ3v) is 6.92. The Hall–Kier alpha value is 0.0900. The largest absolute Gasteiger partial charge is 0.349 e. The third kappa shape index (κ3) is 2.98. The number of piperidine rings is 2. The second-order valence-electron chi connectivity index (χ2n) is 5.78. The number of nitrogens with zero attached hydrogens (tertiary/aromatic N) is 1. The normalized spacial score (nSPS) is 30.2. The van der Waals surface area contributed by atoms with Crippen LogP contribution in [0.1, 0.15) is 42.5 Å². The van der Waals surface area contributed by atoms with Crippen molar-refractivity contribution in [2.45, 2.75) is 50.2 Å². The summed E-state index contributed by atoms with van der Waals surface area (Å²) in [6.45, 7) is 0. The van der Waals surface area contributed by atoms with Gasteiger partial charge >= 0.3 is 0 Å². The molecule has 2 fully saturated rings. The Morgan fingerprint density at radius 1 is 1.35 bits per heavy atom. The van der Waals surface area contributed by atoms with E-state index in [0.717, 1.165) is 26.0 Å². The van der Waals surface area contributed by atoms with Gasteiger partial charge in [0.2, 0.25) is 0 Å². The molecular formula is C14H18Br2N2OS. The van der Waals surface area contributed by atoms with E-state index in [1.54, 1.807) is 11.3 Å². The summed E-state index contributed by atoms with van der Waals surface area (Å²) in [5.41, 5.74) is 0.742. The predicted molar refractivity (Wildman–Crippen MR) is 89.4 cm³/mol. The van der Waals surface area contributed by atoms with E-state index in [2.05, 4.69) is 49.1 Å². The van der Waals surface area contributed by atoms with Crippen LogP contribution in [0.15, 0.2) is 13.6 Å². The van der Waals surface area contributed by atoms with Crippen molar-refractivity contribution in [1.82, 2.24) is 10.2 Å². The lowest BCUT2D eigenvalue weighted by Crippen LogP contribution is -2.55. The van der Waals surface area contributed by atoms with Gasteiger partial charge in [-0.3, -0.25) is 4.79 Å². The fraction of sp³-hybridized carbons (Fsp3) is 0.643. The Kier molecular flexibility index (Phi) is 4.55. The fourth-order valence-electron chi connectivity index (χ4n) is 3.49. The summed E-state index contributed by atoms with van der Waals surface area (Å²) < 4.78 is 1.88. The van der Waals surface area contributed by atoms with Crippen molar-refractivity contribution in [2.75, 3.05) is 7.05 Å². The molecule has 2 aliphatic rings. The lowest BCUT2D eigenvalue weighted by Gasteiger charge is -2.47. The summed E-state index contributed by atoms with van der Waals surface area (Å²) >= 11 is 8.43. The van der Waals surface area contributed by atoms with Crippen LogP contribution in [0, 0.1) is 0 Å². The summed E-state index contributed by atoms with van der Waals surface area (Å²) in [5, 5.41) is 3.23. The summed E-state index contributed by atoms with van der Waals surface area (Å²) in [6, 6.07) is 3.50. The van der Waals surface area contributed by atoms with Crippen molar-refractivity contribution in [1.29, 1.82) is 0 Å². The standard InChI is InChI=1S/C14H18Br2N2OS/c1-18-9-3-2-4-10(18)6-8(5-9)17-14(19)11-7-12(15)20-13(11)16/h7-10H,2-6H2,1H3,(H,17,19). The zero-order valence-corrected chi connectivity index (χ0v) is 15.4. The average molecular weight is 422 g/mol. The minimum absolute atomic E-state index is 0.0476. The maximum absolute atomic E-state index is 12.4. The van der Waals surface area contributed by atoms with Gasteiger partial charge in [-0.15, -0.1) is 11.3 Å². The fourth-order valence-corrected chi connectivity index (χ4v) is 6.29. The Morgan fingerprint density at radius 3 is 2.55 bits per heavy atom. The van der Waals surface area contributed by atoms with Gasteiger partial charge in [-0.25, -0.2) is 0 Å². The topological polar surface area (TPSA) is 32.3 Å². The number of hydrogen-bond donors (Lipinski definition) is 1. The first kappa shape index (κ1) is 15.0.